The Morgan fingerprint density at radius 2 is 2.30 bits per heavy atom. The van der Waals surface area contributed by atoms with E-state index in [0.717, 1.165) is 0 Å². The molecule has 0 saturated carbocycles. The third-order valence-corrected chi connectivity index (χ3v) is 0.783. The highest BCUT2D eigenvalue weighted by Gasteiger charge is 1.92. The van der Waals surface area contributed by atoms with Crippen molar-refractivity contribution in [1.82, 2.24) is 0 Å². The zero-order valence-corrected chi connectivity index (χ0v) is 6.18. The van der Waals surface area contributed by atoms with E-state index in [-0.39, 0.29) is 12.9 Å². The van der Waals surface area contributed by atoms with Gasteiger partial charge in [0.25, 0.3) is 0 Å². The zero-order valence-electron chi connectivity index (χ0n) is 6.18. The van der Waals surface area contributed by atoms with Crippen LogP contribution < -0.4 is 0 Å². The number of ether oxygens (including phenoxy) is 2. The number of hydrogen-bond donors (Lipinski definition) is 0. The molecule has 54 valence electrons. The van der Waals surface area contributed by atoms with Crippen molar-refractivity contribution in [3.63, 3.8) is 0 Å². The van der Waals surface area contributed by atoms with Crippen LogP contribution in [-0.2, 0) is 9.47 Å². The van der Waals surface area contributed by atoms with Gasteiger partial charge in [-0.15, -0.1) is 6.42 Å². The predicted octanol–water partition coefficient (Wildman–Crippen LogP) is 0.632. The van der Waals surface area contributed by atoms with E-state index >= 15 is 0 Å². The van der Waals surface area contributed by atoms with E-state index in [0.29, 0.717) is 0 Å². The lowest BCUT2D eigenvalue weighted by Crippen LogP contribution is -2.07. The molecular weight excluding hydrogens is 128 g/mol. The first kappa shape index (κ1) is 9.04. The Hall–Kier alpha value is -0.960. The van der Waals surface area contributed by atoms with Gasteiger partial charge in [-0.3, -0.25) is 0 Å². The fraction of sp³-hybridized carbons (Fsp3) is 0.500. The van der Waals surface area contributed by atoms with E-state index in [1.54, 1.807) is 7.11 Å². The molecule has 2 nitrogen and oxygen atoms in total. The average molecular weight is 138 g/mol. The third kappa shape index (κ3) is 5.18. The van der Waals surface area contributed by atoms with Gasteiger partial charge in [0.05, 0.1) is 0 Å². The summed E-state index contributed by atoms with van der Waals surface area (Å²) in [4.78, 5) is 0. The van der Waals surface area contributed by atoms with Gasteiger partial charge >= 0.3 is 0 Å². The summed E-state index contributed by atoms with van der Waals surface area (Å²) in [7, 11) is 1.56. The van der Waals surface area contributed by atoms with Gasteiger partial charge in [-0.2, -0.15) is 0 Å². The van der Waals surface area contributed by atoms with Gasteiger partial charge in [0.2, 0.25) is 0 Å². The van der Waals surface area contributed by atoms with Gasteiger partial charge in [-0.1, -0.05) is 5.92 Å². The van der Waals surface area contributed by atoms with Crippen LogP contribution in [0.5, 0.6) is 0 Å². The third-order valence-electron chi connectivity index (χ3n) is 0.783. The first-order valence-corrected chi connectivity index (χ1v) is 2.88. The number of hydrogen-bond acceptors (Lipinski definition) is 2. The van der Waals surface area contributed by atoms with Gasteiger partial charge in [0.1, 0.15) is 12.9 Å². The molecule has 10 heavy (non-hydrogen) atoms. The summed E-state index contributed by atoms with van der Waals surface area (Å²) in [5.41, 5.74) is 0. The van der Waals surface area contributed by atoms with Crippen molar-refractivity contribution < 1.29 is 9.47 Å². The molecule has 0 bridgehead atoms. The Morgan fingerprint density at radius 3 is 2.80 bits per heavy atom. The molecule has 0 aromatic heterocycles. The molecule has 0 amide bonds. The highest BCUT2D eigenvalue weighted by molar-refractivity contribution is 5.23. The summed E-state index contributed by atoms with van der Waals surface area (Å²) in [5.74, 6) is 7.33. The zero-order chi connectivity index (χ0) is 7.82. The molecule has 0 saturated heterocycles. The topological polar surface area (TPSA) is 18.5 Å². The summed E-state index contributed by atoms with van der Waals surface area (Å²) < 4.78 is 9.65. The second kappa shape index (κ2) is 6.16. The Bertz CT molecular complexity index is 168. The predicted molar refractivity (Wildman–Crippen MR) is 39.0 cm³/mol. The van der Waals surface area contributed by atoms with Crippen LogP contribution in [0, 0.1) is 24.2 Å². The maximum absolute atomic E-state index is 5.00. The van der Waals surface area contributed by atoms with Crippen LogP contribution in [0.4, 0.5) is 0 Å². The molecule has 2 heteroatoms. The molecule has 0 rings (SSSR count). The molecule has 0 unspecified atom stereocenters. The number of methoxy groups -OCH3 is 1. The van der Waals surface area contributed by atoms with Gasteiger partial charge in [-0.25, -0.2) is 0 Å². The molecular formula is C8H10O2. The molecule has 0 aromatic rings. The Balaban J connectivity index is 3.45. The monoisotopic (exact) mass is 138 g/mol. The minimum Gasteiger partial charge on any atom is -0.359 e. The Kier molecular flexibility index (Phi) is 5.57. The van der Waals surface area contributed by atoms with E-state index < -0.39 is 0 Å². The van der Waals surface area contributed by atoms with E-state index in [1.807, 2.05) is 6.92 Å². The molecule has 0 radical (unpaired) electrons. The van der Waals surface area contributed by atoms with Crippen molar-refractivity contribution in [2.24, 2.45) is 0 Å². The van der Waals surface area contributed by atoms with Crippen LogP contribution in [0.25, 0.3) is 0 Å². The van der Waals surface area contributed by atoms with Crippen molar-refractivity contribution in [2.75, 3.05) is 13.9 Å². The van der Waals surface area contributed by atoms with E-state index in [4.69, 9.17) is 11.2 Å². The molecule has 0 N–H and O–H groups in total. The molecule has 0 heterocycles. The lowest BCUT2D eigenvalue weighted by atomic mass is 10.4. The first-order valence-electron chi connectivity index (χ1n) is 2.88. The minimum atomic E-state index is -0.156. The number of terminal acetylenes is 1. The highest BCUT2D eigenvalue weighted by atomic mass is 16.7. The van der Waals surface area contributed by atoms with Crippen molar-refractivity contribution in [1.29, 1.82) is 0 Å². The molecule has 0 aliphatic heterocycles. The lowest BCUT2D eigenvalue weighted by Gasteiger charge is -2.03. The van der Waals surface area contributed by atoms with Gasteiger partial charge in [-0.05, 0) is 18.8 Å². The molecule has 0 aromatic carbocycles. The van der Waals surface area contributed by atoms with Crippen LogP contribution in [0.1, 0.15) is 6.92 Å². The summed E-state index contributed by atoms with van der Waals surface area (Å²) in [5, 5.41) is 0. The summed E-state index contributed by atoms with van der Waals surface area (Å²) in [6.07, 6.45) is 4.74. The van der Waals surface area contributed by atoms with E-state index in [2.05, 4.69) is 22.5 Å². The summed E-state index contributed by atoms with van der Waals surface area (Å²) in [6.45, 7) is 2.06. The van der Waals surface area contributed by atoms with Crippen molar-refractivity contribution in [2.45, 2.75) is 13.0 Å². The molecule has 0 aliphatic rings. The first-order chi connectivity index (χ1) is 4.81. The lowest BCUT2D eigenvalue weighted by molar-refractivity contribution is -0.0465. The largest absolute Gasteiger partial charge is 0.359 e. The van der Waals surface area contributed by atoms with Crippen LogP contribution >= 0.6 is 0 Å². The van der Waals surface area contributed by atoms with Gasteiger partial charge in [0, 0.05) is 7.11 Å². The van der Waals surface area contributed by atoms with Crippen LogP contribution in [-0.4, -0.2) is 20.0 Å². The summed E-state index contributed by atoms with van der Waals surface area (Å²) >= 11 is 0. The summed E-state index contributed by atoms with van der Waals surface area (Å²) in [6, 6.07) is 0. The van der Waals surface area contributed by atoms with Gasteiger partial charge < -0.3 is 9.47 Å². The van der Waals surface area contributed by atoms with Crippen LogP contribution in [0.3, 0.4) is 0 Å². The van der Waals surface area contributed by atoms with Gasteiger partial charge in [0.15, 0.2) is 0 Å². The van der Waals surface area contributed by atoms with E-state index in [9.17, 15) is 0 Å². The van der Waals surface area contributed by atoms with Crippen molar-refractivity contribution in [3.8, 4) is 24.2 Å². The highest BCUT2D eigenvalue weighted by Crippen LogP contribution is 1.86. The van der Waals surface area contributed by atoms with Crippen LogP contribution in [0.15, 0.2) is 0 Å². The molecule has 0 fully saturated rings. The molecule has 0 spiro atoms. The Labute approximate surface area is 61.5 Å². The maximum Gasteiger partial charge on any atom is 0.148 e. The fourth-order valence-corrected chi connectivity index (χ4v) is 0.355. The van der Waals surface area contributed by atoms with Crippen molar-refractivity contribution in [3.05, 3.63) is 0 Å². The maximum atomic E-state index is 5.00. The second-order valence-corrected chi connectivity index (χ2v) is 1.63. The smallest absolute Gasteiger partial charge is 0.148 e. The number of rotatable bonds is 3. The minimum absolute atomic E-state index is 0.156. The molecule has 1 atom stereocenters. The molecule has 0 aliphatic carbocycles. The second-order valence-electron chi connectivity index (χ2n) is 1.63. The fourth-order valence-electron chi connectivity index (χ4n) is 0.355. The van der Waals surface area contributed by atoms with Crippen molar-refractivity contribution >= 4 is 0 Å². The van der Waals surface area contributed by atoms with Crippen LogP contribution in [0.2, 0.25) is 0 Å². The average Bonchev–Trinajstić information content (AvgIpc) is 1.97. The Morgan fingerprint density at radius 1 is 1.60 bits per heavy atom. The quantitative estimate of drug-likeness (QED) is 0.420. The normalized spacial score (nSPS) is 10.9. The SMILES string of the molecule is C#CC#C[C@H](C)OCOC. The standard InChI is InChI=1S/C8H10O2/c1-4-5-6-8(2)10-7-9-3/h1,8H,7H2,2-3H3/t8-/m0/s1. The van der Waals surface area contributed by atoms with E-state index in [1.165, 1.54) is 0 Å².